The van der Waals surface area contributed by atoms with Crippen LogP contribution in [0.4, 0.5) is 0 Å². The smallest absolute Gasteiger partial charge is 0.248 e. The van der Waals surface area contributed by atoms with E-state index in [1.54, 1.807) is 35.3 Å². The highest BCUT2D eigenvalue weighted by Gasteiger charge is 2.18. The molecule has 0 fully saturated rings. The highest BCUT2D eigenvalue weighted by Crippen LogP contribution is 2.15. The van der Waals surface area contributed by atoms with Crippen LogP contribution in [-0.2, 0) is 6.54 Å². The predicted molar refractivity (Wildman–Crippen MR) is 60.6 cm³/mol. The first-order valence-electron chi connectivity index (χ1n) is 4.90. The van der Waals surface area contributed by atoms with Crippen LogP contribution in [0.15, 0.2) is 30.7 Å². The van der Waals surface area contributed by atoms with Crippen molar-refractivity contribution < 1.29 is 4.79 Å². The van der Waals surface area contributed by atoms with E-state index in [0.717, 1.165) is 0 Å². The molecule has 2 aromatic heterocycles. The molecule has 0 aliphatic rings. The van der Waals surface area contributed by atoms with Gasteiger partial charge in [0.15, 0.2) is 5.82 Å². The molecule has 2 aromatic rings. The van der Waals surface area contributed by atoms with Gasteiger partial charge in [-0.3, -0.25) is 9.78 Å². The normalized spacial score (nSPS) is 10.4. The standard InChI is InChI=1S/C11H10ClN3O/c1-2-15-7-6-14-11(15)10(16)9-8(12)4-3-5-13-9/h3-7H,2H2,1H3. The molecule has 0 saturated carbocycles. The fourth-order valence-electron chi connectivity index (χ4n) is 1.43. The Hall–Kier alpha value is -1.68. The predicted octanol–water partition coefficient (Wildman–Crippen LogP) is 2.18. The topological polar surface area (TPSA) is 47.8 Å². The van der Waals surface area contributed by atoms with Crippen molar-refractivity contribution in [3.05, 3.63) is 47.3 Å². The Balaban J connectivity index is 2.44. The monoisotopic (exact) mass is 235 g/mol. The van der Waals surface area contributed by atoms with Crippen molar-refractivity contribution >= 4 is 17.4 Å². The van der Waals surface area contributed by atoms with Crippen molar-refractivity contribution in [3.8, 4) is 0 Å². The molecule has 0 aliphatic heterocycles. The number of hydrogen-bond acceptors (Lipinski definition) is 3. The third-order valence-corrected chi connectivity index (χ3v) is 2.54. The van der Waals surface area contributed by atoms with Gasteiger partial charge in [-0.2, -0.15) is 0 Å². The van der Waals surface area contributed by atoms with E-state index in [2.05, 4.69) is 9.97 Å². The number of pyridine rings is 1. The molecule has 82 valence electrons. The lowest BCUT2D eigenvalue weighted by Crippen LogP contribution is -2.12. The van der Waals surface area contributed by atoms with E-state index < -0.39 is 0 Å². The average Bonchev–Trinajstić information content (AvgIpc) is 2.77. The van der Waals surface area contributed by atoms with Gasteiger partial charge in [-0.25, -0.2) is 4.98 Å². The largest absolute Gasteiger partial charge is 0.328 e. The van der Waals surface area contributed by atoms with Crippen LogP contribution in [0.3, 0.4) is 0 Å². The summed E-state index contributed by atoms with van der Waals surface area (Å²) in [4.78, 5) is 20.1. The molecular formula is C11H10ClN3O. The van der Waals surface area contributed by atoms with E-state index in [-0.39, 0.29) is 11.5 Å². The van der Waals surface area contributed by atoms with E-state index in [9.17, 15) is 4.79 Å². The molecule has 2 rings (SSSR count). The Morgan fingerprint density at radius 1 is 1.44 bits per heavy atom. The molecule has 0 spiro atoms. The van der Waals surface area contributed by atoms with Crippen LogP contribution < -0.4 is 0 Å². The zero-order valence-electron chi connectivity index (χ0n) is 8.72. The number of imidazole rings is 1. The summed E-state index contributed by atoms with van der Waals surface area (Å²) in [6.07, 6.45) is 4.88. The van der Waals surface area contributed by atoms with E-state index in [1.807, 2.05) is 6.92 Å². The minimum Gasteiger partial charge on any atom is -0.328 e. The van der Waals surface area contributed by atoms with Gasteiger partial charge in [-0.15, -0.1) is 0 Å². The summed E-state index contributed by atoms with van der Waals surface area (Å²) in [5.74, 6) is 0.112. The number of halogens is 1. The summed E-state index contributed by atoms with van der Waals surface area (Å²) < 4.78 is 1.76. The van der Waals surface area contributed by atoms with E-state index in [1.165, 1.54) is 0 Å². The van der Waals surface area contributed by atoms with Crippen LogP contribution >= 0.6 is 11.6 Å². The second-order valence-electron chi connectivity index (χ2n) is 3.20. The Kier molecular flexibility index (Phi) is 3.01. The van der Waals surface area contributed by atoms with Crippen LogP contribution in [0.2, 0.25) is 5.02 Å². The molecule has 0 atom stereocenters. The van der Waals surface area contributed by atoms with Crippen LogP contribution in [0.25, 0.3) is 0 Å². The Bertz CT molecular complexity index is 521. The van der Waals surface area contributed by atoms with Gasteiger partial charge in [0.05, 0.1) is 5.02 Å². The zero-order valence-corrected chi connectivity index (χ0v) is 9.48. The van der Waals surface area contributed by atoms with Gasteiger partial charge < -0.3 is 4.57 Å². The number of hydrogen-bond donors (Lipinski definition) is 0. The van der Waals surface area contributed by atoms with Crippen LogP contribution in [0, 0.1) is 0 Å². The molecule has 0 N–H and O–H groups in total. The van der Waals surface area contributed by atoms with Crippen molar-refractivity contribution in [1.82, 2.24) is 14.5 Å². The summed E-state index contributed by atoms with van der Waals surface area (Å²) >= 11 is 5.91. The number of rotatable bonds is 3. The van der Waals surface area contributed by atoms with Gasteiger partial charge in [0, 0.05) is 25.1 Å². The highest BCUT2D eigenvalue weighted by molar-refractivity contribution is 6.34. The minimum absolute atomic E-state index is 0.241. The van der Waals surface area contributed by atoms with Gasteiger partial charge >= 0.3 is 0 Å². The van der Waals surface area contributed by atoms with Crippen LogP contribution in [-0.4, -0.2) is 20.3 Å². The molecule has 16 heavy (non-hydrogen) atoms. The maximum Gasteiger partial charge on any atom is 0.248 e. The molecule has 0 aromatic carbocycles. The van der Waals surface area contributed by atoms with Gasteiger partial charge in [0.25, 0.3) is 0 Å². The van der Waals surface area contributed by atoms with Gasteiger partial charge in [-0.1, -0.05) is 11.6 Å². The number of carbonyl (C=O) groups is 1. The van der Waals surface area contributed by atoms with Crippen molar-refractivity contribution in [2.45, 2.75) is 13.5 Å². The first-order chi connectivity index (χ1) is 7.74. The summed E-state index contributed by atoms with van der Waals surface area (Å²) in [6, 6.07) is 3.33. The van der Waals surface area contributed by atoms with Crippen molar-refractivity contribution in [2.24, 2.45) is 0 Å². The van der Waals surface area contributed by atoms with Gasteiger partial charge in [0.1, 0.15) is 5.69 Å². The minimum atomic E-state index is -0.252. The Morgan fingerprint density at radius 2 is 2.25 bits per heavy atom. The molecule has 0 aliphatic carbocycles. The maximum absolute atomic E-state index is 12.1. The number of aromatic nitrogens is 3. The molecule has 0 saturated heterocycles. The second kappa shape index (κ2) is 4.45. The summed E-state index contributed by atoms with van der Waals surface area (Å²) in [5.41, 5.74) is 0.241. The molecular weight excluding hydrogens is 226 g/mol. The second-order valence-corrected chi connectivity index (χ2v) is 3.61. The third kappa shape index (κ3) is 1.84. The van der Waals surface area contributed by atoms with Crippen molar-refractivity contribution in [1.29, 1.82) is 0 Å². The molecule has 5 heteroatoms. The van der Waals surface area contributed by atoms with Crippen LogP contribution in [0.5, 0.6) is 0 Å². The third-order valence-electron chi connectivity index (χ3n) is 2.23. The summed E-state index contributed by atoms with van der Waals surface area (Å²) in [7, 11) is 0. The van der Waals surface area contributed by atoms with E-state index in [0.29, 0.717) is 17.4 Å². The number of carbonyl (C=O) groups excluding carboxylic acids is 1. The molecule has 2 heterocycles. The van der Waals surface area contributed by atoms with Crippen molar-refractivity contribution in [3.63, 3.8) is 0 Å². The maximum atomic E-state index is 12.1. The lowest BCUT2D eigenvalue weighted by Gasteiger charge is -2.04. The quantitative estimate of drug-likeness (QED) is 0.767. The number of nitrogens with zero attached hydrogens (tertiary/aromatic N) is 3. The zero-order chi connectivity index (χ0) is 11.5. The number of aryl methyl sites for hydroxylation is 1. The fourth-order valence-corrected chi connectivity index (χ4v) is 1.64. The average molecular weight is 236 g/mol. The van der Waals surface area contributed by atoms with E-state index in [4.69, 9.17) is 11.6 Å². The molecule has 0 amide bonds. The lowest BCUT2D eigenvalue weighted by atomic mass is 10.2. The summed E-state index contributed by atoms with van der Waals surface area (Å²) in [6.45, 7) is 2.63. The molecule has 0 bridgehead atoms. The fraction of sp³-hybridized carbons (Fsp3) is 0.182. The van der Waals surface area contributed by atoms with Gasteiger partial charge in [0.2, 0.25) is 5.78 Å². The summed E-state index contributed by atoms with van der Waals surface area (Å²) in [5, 5.41) is 0.346. The first kappa shape index (κ1) is 10.8. The lowest BCUT2D eigenvalue weighted by molar-refractivity contribution is 0.102. The van der Waals surface area contributed by atoms with Gasteiger partial charge in [-0.05, 0) is 19.1 Å². The molecule has 0 radical (unpaired) electrons. The SMILES string of the molecule is CCn1ccnc1C(=O)c1ncccc1Cl. The van der Waals surface area contributed by atoms with Crippen LogP contribution in [0.1, 0.15) is 23.2 Å². The Labute approximate surface area is 97.9 Å². The molecule has 0 unspecified atom stereocenters. The number of ketones is 1. The van der Waals surface area contributed by atoms with E-state index >= 15 is 0 Å². The molecule has 4 nitrogen and oxygen atoms in total. The van der Waals surface area contributed by atoms with Crippen molar-refractivity contribution in [2.75, 3.05) is 0 Å². The first-order valence-corrected chi connectivity index (χ1v) is 5.28. The Morgan fingerprint density at radius 3 is 2.94 bits per heavy atom. The highest BCUT2D eigenvalue weighted by atomic mass is 35.5.